The maximum atomic E-state index is 12.4. The summed E-state index contributed by atoms with van der Waals surface area (Å²) >= 11 is 0. The van der Waals surface area contributed by atoms with Gasteiger partial charge in [0.05, 0.1) is 11.5 Å². The molecule has 0 aromatic heterocycles. The van der Waals surface area contributed by atoms with Crippen molar-refractivity contribution in [3.05, 3.63) is 48.0 Å². The fraction of sp³-hybridized carbons (Fsp3) is 0.368. The van der Waals surface area contributed by atoms with Crippen LogP contribution in [0.3, 0.4) is 0 Å². The molecule has 0 atom stereocenters. The highest BCUT2D eigenvalue weighted by atomic mass is 32.2. The number of sulfonamides is 1. The first-order valence-electron chi connectivity index (χ1n) is 8.68. The van der Waals surface area contributed by atoms with E-state index in [0.717, 1.165) is 11.3 Å². The number of benzene rings is 2. The first kappa shape index (κ1) is 19.5. The summed E-state index contributed by atoms with van der Waals surface area (Å²) in [6.45, 7) is 2.24. The normalized spacial score (nSPS) is 13.4. The van der Waals surface area contributed by atoms with Gasteiger partial charge in [-0.25, -0.2) is 13.1 Å². The minimum absolute atomic E-state index is 0.198. The molecule has 0 radical (unpaired) electrons. The van der Waals surface area contributed by atoms with Crippen LogP contribution in [0.4, 0.5) is 0 Å². The van der Waals surface area contributed by atoms with Crippen LogP contribution in [0.2, 0.25) is 0 Å². The molecule has 0 saturated heterocycles. The Kier molecular flexibility index (Phi) is 6.54. The average Bonchev–Trinajstić information content (AvgIpc) is 2.68. The van der Waals surface area contributed by atoms with Crippen molar-refractivity contribution in [2.24, 2.45) is 0 Å². The van der Waals surface area contributed by atoms with Crippen LogP contribution in [0.5, 0.6) is 17.2 Å². The summed E-state index contributed by atoms with van der Waals surface area (Å²) < 4.78 is 48.8. The molecule has 1 heterocycles. The minimum atomic E-state index is -3.58. The summed E-state index contributed by atoms with van der Waals surface area (Å²) in [6, 6.07) is 11.9. The predicted octanol–water partition coefficient (Wildman–Crippen LogP) is 2.00. The summed E-state index contributed by atoms with van der Waals surface area (Å²) in [7, 11) is -1.98. The third-order valence-corrected chi connectivity index (χ3v) is 5.48. The first-order chi connectivity index (χ1) is 13.1. The molecule has 0 saturated carbocycles. The van der Waals surface area contributed by atoms with Gasteiger partial charge in [-0.3, -0.25) is 0 Å². The van der Waals surface area contributed by atoms with Gasteiger partial charge in [0.15, 0.2) is 11.5 Å². The number of hydrogen-bond donors (Lipinski definition) is 1. The molecule has 7 nitrogen and oxygen atoms in total. The maximum Gasteiger partial charge on any atom is 0.240 e. The monoisotopic (exact) mass is 393 g/mol. The molecule has 27 heavy (non-hydrogen) atoms. The van der Waals surface area contributed by atoms with Gasteiger partial charge in [-0.2, -0.15) is 0 Å². The smallest absolute Gasteiger partial charge is 0.240 e. The van der Waals surface area contributed by atoms with Crippen LogP contribution in [0, 0.1) is 0 Å². The number of fused-ring (bicyclic) bond motifs is 1. The van der Waals surface area contributed by atoms with Gasteiger partial charge < -0.3 is 18.9 Å². The summed E-state index contributed by atoms with van der Waals surface area (Å²) in [5.74, 6) is 2.02. The van der Waals surface area contributed by atoms with E-state index in [-0.39, 0.29) is 11.4 Å². The largest absolute Gasteiger partial charge is 0.491 e. The number of hydrogen-bond acceptors (Lipinski definition) is 6. The third-order valence-electron chi connectivity index (χ3n) is 4.00. The lowest BCUT2D eigenvalue weighted by Crippen LogP contribution is -2.26. The van der Waals surface area contributed by atoms with Crippen LogP contribution >= 0.6 is 0 Å². The van der Waals surface area contributed by atoms with E-state index in [9.17, 15) is 8.42 Å². The lowest BCUT2D eigenvalue weighted by atomic mass is 10.1. The zero-order valence-electron chi connectivity index (χ0n) is 15.1. The Hall–Kier alpha value is -2.29. The topological polar surface area (TPSA) is 83.1 Å². The molecule has 1 aliphatic rings. The second-order valence-corrected chi connectivity index (χ2v) is 7.71. The Bertz CT molecular complexity index is 851. The molecule has 8 heteroatoms. The van der Waals surface area contributed by atoms with Gasteiger partial charge in [0, 0.05) is 13.7 Å². The van der Waals surface area contributed by atoms with Crippen LogP contribution in [0.1, 0.15) is 5.56 Å². The summed E-state index contributed by atoms with van der Waals surface area (Å²) in [4.78, 5) is 0.198. The van der Waals surface area contributed by atoms with Crippen molar-refractivity contribution in [3.8, 4) is 17.2 Å². The lowest BCUT2D eigenvalue weighted by molar-refractivity contribution is 0.146. The molecule has 0 fully saturated rings. The van der Waals surface area contributed by atoms with Crippen LogP contribution in [-0.2, 0) is 21.2 Å². The van der Waals surface area contributed by atoms with Gasteiger partial charge in [0.25, 0.3) is 0 Å². The Balaban J connectivity index is 1.53. The molecule has 0 aliphatic carbocycles. The highest BCUT2D eigenvalue weighted by Crippen LogP contribution is 2.30. The second-order valence-electron chi connectivity index (χ2n) is 5.94. The Morgan fingerprint density at radius 2 is 1.74 bits per heavy atom. The van der Waals surface area contributed by atoms with Gasteiger partial charge in [-0.1, -0.05) is 6.07 Å². The Morgan fingerprint density at radius 3 is 2.48 bits per heavy atom. The fourth-order valence-corrected chi connectivity index (χ4v) is 3.65. The summed E-state index contributed by atoms with van der Waals surface area (Å²) in [6.07, 6.45) is 0.550. The highest BCUT2D eigenvalue weighted by Gasteiger charge is 2.15. The van der Waals surface area contributed by atoms with E-state index in [1.807, 2.05) is 18.2 Å². The zero-order valence-corrected chi connectivity index (χ0v) is 16.0. The van der Waals surface area contributed by atoms with Crippen molar-refractivity contribution >= 4 is 10.0 Å². The van der Waals surface area contributed by atoms with Crippen LogP contribution in [-0.4, -0.2) is 48.5 Å². The van der Waals surface area contributed by atoms with E-state index < -0.39 is 10.0 Å². The molecule has 3 rings (SSSR count). The quantitative estimate of drug-likeness (QED) is 0.656. The lowest BCUT2D eigenvalue weighted by Gasteiger charge is -2.18. The van der Waals surface area contributed by atoms with Crippen LogP contribution in [0.25, 0.3) is 0 Å². The molecule has 0 unspecified atom stereocenters. The predicted molar refractivity (Wildman–Crippen MR) is 100 cm³/mol. The van der Waals surface area contributed by atoms with Gasteiger partial charge >= 0.3 is 0 Å². The van der Waals surface area contributed by atoms with E-state index >= 15 is 0 Å². The molecule has 2 aromatic rings. The molecule has 2 aromatic carbocycles. The fourth-order valence-electron chi connectivity index (χ4n) is 2.61. The number of rotatable bonds is 9. The van der Waals surface area contributed by atoms with Crippen LogP contribution < -0.4 is 18.9 Å². The van der Waals surface area contributed by atoms with Gasteiger partial charge in [0.2, 0.25) is 10.0 Å². The molecule has 146 valence electrons. The zero-order chi connectivity index (χ0) is 19.1. The Morgan fingerprint density at radius 1 is 1.00 bits per heavy atom. The van der Waals surface area contributed by atoms with E-state index in [1.165, 1.54) is 12.1 Å². The SMILES string of the molecule is COCCOc1ccc(S(=O)(=O)NCCc2ccc3c(c2)OCCO3)cc1. The van der Waals surface area contributed by atoms with Crippen molar-refractivity contribution in [3.63, 3.8) is 0 Å². The van der Waals surface area contributed by atoms with Crippen molar-refractivity contribution in [2.45, 2.75) is 11.3 Å². The van der Waals surface area contributed by atoms with Crippen molar-refractivity contribution in [2.75, 3.05) is 40.1 Å². The number of methoxy groups -OCH3 is 1. The molecule has 1 N–H and O–H groups in total. The van der Waals surface area contributed by atoms with Gasteiger partial charge in [0.1, 0.15) is 25.6 Å². The van der Waals surface area contributed by atoms with E-state index in [0.29, 0.717) is 44.3 Å². The maximum absolute atomic E-state index is 12.4. The minimum Gasteiger partial charge on any atom is -0.491 e. The van der Waals surface area contributed by atoms with Crippen LogP contribution in [0.15, 0.2) is 47.4 Å². The van der Waals surface area contributed by atoms with E-state index in [1.54, 1.807) is 19.2 Å². The van der Waals surface area contributed by atoms with Crippen molar-refractivity contribution in [1.29, 1.82) is 0 Å². The summed E-state index contributed by atoms with van der Waals surface area (Å²) in [5, 5.41) is 0. The van der Waals surface area contributed by atoms with Crippen molar-refractivity contribution in [1.82, 2.24) is 4.72 Å². The molecular formula is C19H23NO6S. The molecule has 0 amide bonds. The summed E-state index contributed by atoms with van der Waals surface area (Å²) in [5.41, 5.74) is 0.976. The standard InChI is InChI=1S/C19H23NO6S/c1-23-10-11-24-16-3-5-17(6-4-16)27(21,22)20-9-8-15-2-7-18-19(14-15)26-13-12-25-18/h2-7,14,20H,8-13H2,1H3. The average molecular weight is 393 g/mol. The van der Waals surface area contributed by atoms with Gasteiger partial charge in [-0.05, 0) is 48.4 Å². The molecule has 0 spiro atoms. The molecule has 1 aliphatic heterocycles. The first-order valence-corrected chi connectivity index (χ1v) is 10.2. The Labute approximate surface area is 159 Å². The number of ether oxygens (including phenoxy) is 4. The number of nitrogens with one attached hydrogen (secondary N) is 1. The van der Waals surface area contributed by atoms with E-state index in [2.05, 4.69) is 4.72 Å². The second kappa shape index (κ2) is 9.07. The van der Waals surface area contributed by atoms with Gasteiger partial charge in [-0.15, -0.1) is 0 Å². The third kappa shape index (κ3) is 5.35. The highest BCUT2D eigenvalue weighted by molar-refractivity contribution is 7.89. The molecular weight excluding hydrogens is 370 g/mol. The van der Waals surface area contributed by atoms with E-state index in [4.69, 9.17) is 18.9 Å². The van der Waals surface area contributed by atoms with Crippen molar-refractivity contribution < 1.29 is 27.4 Å². The molecule has 0 bridgehead atoms.